The van der Waals surface area contributed by atoms with Crippen LogP contribution in [0.5, 0.6) is 0 Å². The molecule has 0 amide bonds. The van der Waals surface area contributed by atoms with E-state index in [1.54, 1.807) is 18.5 Å². The highest BCUT2D eigenvalue weighted by atomic mass is 14.9. The van der Waals surface area contributed by atoms with E-state index in [-0.39, 0.29) is 5.84 Å². The summed E-state index contributed by atoms with van der Waals surface area (Å²) in [5.41, 5.74) is 7.04. The molecule has 2 heterocycles. The van der Waals surface area contributed by atoms with E-state index in [0.29, 0.717) is 11.4 Å². The molecule has 1 aliphatic heterocycles. The van der Waals surface area contributed by atoms with Gasteiger partial charge in [-0.25, -0.2) is 4.99 Å². The van der Waals surface area contributed by atoms with Crippen LogP contribution in [0, 0.1) is 5.41 Å². The molecule has 0 spiro atoms. The molecule has 2 rings (SSSR count). The topological polar surface area (TPSA) is 75.1 Å². The summed E-state index contributed by atoms with van der Waals surface area (Å²) in [6.45, 7) is 0. The summed E-state index contributed by atoms with van der Waals surface area (Å²) in [7, 11) is 0. The highest BCUT2D eigenvalue weighted by Crippen LogP contribution is 2.14. The zero-order valence-electron chi connectivity index (χ0n) is 5.70. The van der Waals surface area contributed by atoms with E-state index in [0.717, 1.165) is 5.56 Å². The Morgan fingerprint density at radius 1 is 1.36 bits per heavy atom. The Labute approximate surface area is 63.3 Å². The Balaban J connectivity index is 2.71. The van der Waals surface area contributed by atoms with Gasteiger partial charge < -0.3 is 5.73 Å². The number of hydrogen-bond donors (Lipinski definition) is 2. The fourth-order valence-electron chi connectivity index (χ4n) is 1.05. The van der Waals surface area contributed by atoms with Gasteiger partial charge in [0.1, 0.15) is 5.84 Å². The molecule has 1 aromatic rings. The molecule has 0 unspecified atom stereocenters. The molecule has 1 aromatic heterocycles. The van der Waals surface area contributed by atoms with Crippen molar-refractivity contribution in [2.75, 3.05) is 0 Å². The second-order valence-corrected chi connectivity index (χ2v) is 2.27. The van der Waals surface area contributed by atoms with Gasteiger partial charge in [0.15, 0.2) is 5.84 Å². The van der Waals surface area contributed by atoms with Crippen molar-refractivity contribution < 1.29 is 0 Å². The molecule has 0 aromatic carbocycles. The van der Waals surface area contributed by atoms with Gasteiger partial charge in [0, 0.05) is 23.5 Å². The van der Waals surface area contributed by atoms with Crippen molar-refractivity contribution >= 4 is 11.7 Å². The van der Waals surface area contributed by atoms with Crippen molar-refractivity contribution in [1.82, 2.24) is 4.98 Å². The van der Waals surface area contributed by atoms with Crippen LogP contribution in [0.15, 0.2) is 23.5 Å². The number of fused-ring (bicyclic) bond motifs is 1. The number of hydrogen-bond acceptors (Lipinski definition) is 3. The summed E-state index contributed by atoms with van der Waals surface area (Å²) in [5.74, 6) is 0.609. The number of nitrogens with two attached hydrogens (primary N) is 1. The lowest BCUT2D eigenvalue weighted by Crippen LogP contribution is -2.10. The summed E-state index contributed by atoms with van der Waals surface area (Å²) < 4.78 is 0. The van der Waals surface area contributed by atoms with Crippen LogP contribution in [-0.4, -0.2) is 16.7 Å². The van der Waals surface area contributed by atoms with Gasteiger partial charge in [0.2, 0.25) is 0 Å². The molecule has 54 valence electrons. The Morgan fingerprint density at radius 3 is 2.91 bits per heavy atom. The molecule has 11 heavy (non-hydrogen) atoms. The quantitative estimate of drug-likeness (QED) is 0.545. The van der Waals surface area contributed by atoms with Gasteiger partial charge in [0.25, 0.3) is 0 Å². The lowest BCUT2D eigenvalue weighted by Gasteiger charge is -1.94. The first-order chi connectivity index (χ1) is 5.29. The van der Waals surface area contributed by atoms with Gasteiger partial charge in [-0.1, -0.05) is 0 Å². The molecule has 1 aliphatic rings. The van der Waals surface area contributed by atoms with Crippen LogP contribution >= 0.6 is 0 Å². The van der Waals surface area contributed by atoms with E-state index in [1.807, 2.05) is 0 Å². The summed E-state index contributed by atoms with van der Waals surface area (Å²) in [4.78, 5) is 7.67. The molecule has 0 atom stereocenters. The molecule has 0 bridgehead atoms. The monoisotopic (exact) mass is 146 g/mol. The van der Waals surface area contributed by atoms with E-state index in [9.17, 15) is 0 Å². The number of rotatable bonds is 0. The minimum atomic E-state index is 0.200. The van der Waals surface area contributed by atoms with E-state index in [4.69, 9.17) is 11.1 Å². The summed E-state index contributed by atoms with van der Waals surface area (Å²) in [6.07, 6.45) is 3.24. The van der Waals surface area contributed by atoms with Crippen molar-refractivity contribution in [2.24, 2.45) is 10.7 Å². The largest absolute Gasteiger partial charge is 0.383 e. The van der Waals surface area contributed by atoms with Gasteiger partial charge in [0.05, 0.1) is 0 Å². The normalized spacial score (nSPS) is 14.5. The molecule has 0 saturated heterocycles. The summed E-state index contributed by atoms with van der Waals surface area (Å²) in [5, 5.41) is 7.35. The number of pyridine rings is 1. The van der Waals surface area contributed by atoms with Crippen LogP contribution in [0.1, 0.15) is 11.1 Å². The predicted octanol–water partition coefficient (Wildman–Crippen LogP) is 0.126. The molecular weight excluding hydrogens is 140 g/mol. The fourth-order valence-corrected chi connectivity index (χ4v) is 1.05. The first-order valence-corrected chi connectivity index (χ1v) is 3.16. The standard InChI is InChI=1S/C7H6N4/c8-6-4-1-2-10-3-5(4)7(9)11-6/h1-3H,(H3,8,9,11). The molecule has 0 aliphatic carbocycles. The Hall–Kier alpha value is -1.71. The van der Waals surface area contributed by atoms with E-state index in [2.05, 4.69) is 9.98 Å². The van der Waals surface area contributed by atoms with Crippen LogP contribution in [0.3, 0.4) is 0 Å². The average molecular weight is 146 g/mol. The highest BCUT2D eigenvalue weighted by Gasteiger charge is 2.16. The minimum absolute atomic E-state index is 0.200. The van der Waals surface area contributed by atoms with Crippen LogP contribution in [-0.2, 0) is 0 Å². The van der Waals surface area contributed by atoms with Crippen LogP contribution in [0.4, 0.5) is 0 Å². The maximum absolute atomic E-state index is 7.35. The SMILES string of the molecule is N=C1N=C(N)c2ccncc21. The van der Waals surface area contributed by atoms with E-state index < -0.39 is 0 Å². The molecule has 4 heteroatoms. The molecular formula is C7H6N4. The Kier molecular flexibility index (Phi) is 1.03. The lowest BCUT2D eigenvalue weighted by molar-refractivity contribution is 1.30. The maximum atomic E-state index is 7.35. The van der Waals surface area contributed by atoms with Crippen molar-refractivity contribution in [3.8, 4) is 0 Å². The van der Waals surface area contributed by atoms with Crippen LogP contribution < -0.4 is 5.73 Å². The smallest absolute Gasteiger partial charge is 0.156 e. The van der Waals surface area contributed by atoms with Gasteiger partial charge in [-0.3, -0.25) is 10.4 Å². The Morgan fingerprint density at radius 2 is 2.18 bits per heavy atom. The van der Waals surface area contributed by atoms with Crippen molar-refractivity contribution in [3.63, 3.8) is 0 Å². The highest BCUT2D eigenvalue weighted by molar-refractivity contribution is 6.20. The first-order valence-electron chi connectivity index (χ1n) is 3.16. The number of amidine groups is 2. The lowest BCUT2D eigenvalue weighted by atomic mass is 10.1. The number of nitrogens with one attached hydrogen (secondary N) is 1. The molecule has 0 saturated carbocycles. The van der Waals surface area contributed by atoms with Gasteiger partial charge in [-0.2, -0.15) is 0 Å². The van der Waals surface area contributed by atoms with Crippen molar-refractivity contribution in [3.05, 3.63) is 29.6 Å². The zero-order chi connectivity index (χ0) is 7.84. The maximum Gasteiger partial charge on any atom is 0.156 e. The van der Waals surface area contributed by atoms with Crippen LogP contribution in [0.25, 0.3) is 0 Å². The summed E-state index contributed by atoms with van der Waals surface area (Å²) >= 11 is 0. The first kappa shape index (κ1) is 6.03. The third kappa shape index (κ3) is 0.724. The zero-order valence-corrected chi connectivity index (χ0v) is 5.70. The number of aromatic nitrogens is 1. The second kappa shape index (κ2) is 1.88. The fraction of sp³-hybridized carbons (Fsp3) is 0. The second-order valence-electron chi connectivity index (χ2n) is 2.27. The predicted molar refractivity (Wildman–Crippen MR) is 41.8 cm³/mol. The third-order valence-electron chi connectivity index (χ3n) is 1.58. The van der Waals surface area contributed by atoms with Gasteiger partial charge in [-0.15, -0.1) is 0 Å². The van der Waals surface area contributed by atoms with Gasteiger partial charge >= 0.3 is 0 Å². The molecule has 0 radical (unpaired) electrons. The summed E-state index contributed by atoms with van der Waals surface area (Å²) in [6, 6.07) is 1.76. The van der Waals surface area contributed by atoms with E-state index in [1.165, 1.54) is 0 Å². The average Bonchev–Trinajstić information content (AvgIpc) is 2.30. The van der Waals surface area contributed by atoms with Crippen molar-refractivity contribution in [2.45, 2.75) is 0 Å². The number of nitrogens with zero attached hydrogens (tertiary/aromatic N) is 2. The molecule has 0 fully saturated rings. The molecule has 4 nitrogen and oxygen atoms in total. The van der Waals surface area contributed by atoms with Crippen molar-refractivity contribution in [1.29, 1.82) is 5.41 Å². The third-order valence-corrected chi connectivity index (χ3v) is 1.58. The Bertz CT molecular complexity index is 353. The minimum Gasteiger partial charge on any atom is -0.383 e. The molecule has 3 N–H and O–H groups in total. The van der Waals surface area contributed by atoms with Crippen LogP contribution in [0.2, 0.25) is 0 Å². The van der Waals surface area contributed by atoms with E-state index >= 15 is 0 Å². The van der Waals surface area contributed by atoms with Gasteiger partial charge in [-0.05, 0) is 6.07 Å². The number of aliphatic imine (C=N–C) groups is 1.